The number of azo groups is 1. The van der Waals surface area contributed by atoms with Crippen molar-refractivity contribution in [2.45, 2.75) is 20.8 Å². The van der Waals surface area contributed by atoms with Crippen LogP contribution in [-0.4, -0.2) is 77.7 Å². The monoisotopic (exact) mass is 519 g/mol. The third-order valence-electron chi connectivity index (χ3n) is 5.31. The third kappa shape index (κ3) is 9.81. The van der Waals surface area contributed by atoms with Gasteiger partial charge in [-0.25, -0.2) is 0 Å². The lowest BCUT2D eigenvalue weighted by atomic mass is 10.1. The number of nitrogens with zero attached hydrogens (tertiary/aromatic N) is 4. The fourth-order valence-electron chi connectivity index (χ4n) is 3.21. The molecule has 3 N–H and O–H groups in total. The Labute approximate surface area is 217 Å². The topological polar surface area (TPSA) is 135 Å². The van der Waals surface area contributed by atoms with Crippen molar-refractivity contribution in [1.29, 1.82) is 5.26 Å². The maximum atomic E-state index is 9.16. The van der Waals surface area contributed by atoms with Crippen LogP contribution in [0, 0.1) is 25.2 Å². The van der Waals surface area contributed by atoms with Gasteiger partial charge in [0.2, 0.25) is 0 Å². The molecule has 0 aliphatic rings. The summed E-state index contributed by atoms with van der Waals surface area (Å²) in [5.74, 6) is 0. The van der Waals surface area contributed by atoms with Crippen molar-refractivity contribution in [3.63, 3.8) is 0 Å². The molecule has 2 aromatic rings. The van der Waals surface area contributed by atoms with E-state index in [4.69, 9.17) is 35.0 Å². The summed E-state index contributed by atoms with van der Waals surface area (Å²) < 4.78 is 21.7. The van der Waals surface area contributed by atoms with E-state index in [-0.39, 0.29) is 6.61 Å². The van der Waals surface area contributed by atoms with E-state index in [0.29, 0.717) is 68.4 Å². The molecule has 2 rings (SSSR count). The second-order valence-corrected chi connectivity index (χ2v) is 8.81. The molecule has 0 spiro atoms. The molecule has 0 unspecified atom stereocenters. The molecule has 1 aromatic heterocycles. The molecule has 0 atom stereocenters. The highest BCUT2D eigenvalue weighted by molar-refractivity contribution is 7.17. The Bertz CT molecular complexity index is 992. The first-order chi connectivity index (χ1) is 17.5. The molecule has 11 heteroatoms. The summed E-state index contributed by atoms with van der Waals surface area (Å²) in [7, 11) is 0. The molecule has 0 bridgehead atoms. The summed E-state index contributed by atoms with van der Waals surface area (Å²) in [4.78, 5) is 2.80. The minimum absolute atomic E-state index is 0.0243. The van der Waals surface area contributed by atoms with Crippen LogP contribution < -0.4 is 10.6 Å². The molecule has 10 nitrogen and oxygen atoms in total. The van der Waals surface area contributed by atoms with Gasteiger partial charge >= 0.3 is 0 Å². The number of nitriles is 1. The second kappa shape index (κ2) is 17.0. The van der Waals surface area contributed by atoms with Gasteiger partial charge in [-0.15, -0.1) is 21.6 Å². The molecular formula is C25H37N5O5S. The Balaban J connectivity index is 1.70. The molecule has 0 saturated carbocycles. The van der Waals surface area contributed by atoms with E-state index < -0.39 is 0 Å². The number of rotatable bonds is 18. The van der Waals surface area contributed by atoms with Gasteiger partial charge in [0.15, 0.2) is 5.00 Å². The van der Waals surface area contributed by atoms with Crippen molar-refractivity contribution in [2.24, 2.45) is 10.2 Å². The van der Waals surface area contributed by atoms with E-state index >= 15 is 0 Å². The summed E-state index contributed by atoms with van der Waals surface area (Å²) in [6.45, 7) is 11.5. The Morgan fingerprint density at radius 2 is 1.58 bits per heavy atom. The standard InChI is InChI=1S/C25H37N5O5S/c1-4-30(7-9-32-11-13-34-15-16-35-14-12-33-10-8-31)21-5-6-22(19(2)17-21)28-29-25-24(27)20(3)23(18-26)36-25/h5-6,17,31H,4,7-16,27H2,1-3H3. The zero-order valence-corrected chi connectivity index (χ0v) is 22.2. The van der Waals surface area contributed by atoms with Gasteiger partial charge in [0.05, 0.1) is 70.8 Å². The fourth-order valence-corrected chi connectivity index (χ4v) is 4.06. The third-order valence-corrected chi connectivity index (χ3v) is 6.40. The van der Waals surface area contributed by atoms with Crippen LogP contribution in [0.25, 0.3) is 0 Å². The normalized spacial score (nSPS) is 11.3. The van der Waals surface area contributed by atoms with Crippen molar-refractivity contribution < 1.29 is 24.1 Å². The number of thiophene rings is 1. The van der Waals surface area contributed by atoms with Gasteiger partial charge in [-0.1, -0.05) is 0 Å². The Hall–Kier alpha value is -2.59. The molecule has 0 aliphatic heterocycles. The number of nitrogen functional groups attached to an aromatic ring is 1. The van der Waals surface area contributed by atoms with Crippen molar-refractivity contribution in [3.8, 4) is 6.07 Å². The average molecular weight is 520 g/mol. The zero-order chi connectivity index (χ0) is 26.2. The van der Waals surface area contributed by atoms with Crippen LogP contribution >= 0.6 is 11.3 Å². The second-order valence-electron chi connectivity index (χ2n) is 7.81. The fraction of sp³-hybridized carbons (Fsp3) is 0.560. The lowest BCUT2D eigenvalue weighted by Crippen LogP contribution is -2.27. The predicted octanol–water partition coefficient (Wildman–Crippen LogP) is 4.12. The summed E-state index contributed by atoms with van der Waals surface area (Å²) in [5.41, 5.74) is 10.2. The van der Waals surface area contributed by atoms with E-state index in [1.165, 1.54) is 11.3 Å². The number of ether oxygens (including phenoxy) is 4. The number of aliphatic hydroxyl groups is 1. The molecule has 0 amide bonds. The highest BCUT2D eigenvalue weighted by Gasteiger charge is 2.12. The van der Waals surface area contributed by atoms with E-state index in [1.54, 1.807) is 0 Å². The van der Waals surface area contributed by atoms with Crippen molar-refractivity contribution >= 4 is 33.4 Å². The van der Waals surface area contributed by atoms with Gasteiger partial charge in [-0.3, -0.25) is 0 Å². The quantitative estimate of drug-likeness (QED) is 0.222. The largest absolute Gasteiger partial charge is 0.396 e. The molecule has 198 valence electrons. The van der Waals surface area contributed by atoms with Crippen LogP contribution in [0.5, 0.6) is 0 Å². The predicted molar refractivity (Wildman–Crippen MR) is 142 cm³/mol. The van der Waals surface area contributed by atoms with E-state index in [0.717, 1.165) is 35.6 Å². The molecule has 0 radical (unpaired) electrons. The lowest BCUT2D eigenvalue weighted by molar-refractivity contribution is -0.00488. The molecule has 36 heavy (non-hydrogen) atoms. The smallest absolute Gasteiger partial charge is 0.163 e. The first kappa shape index (κ1) is 29.6. The first-order valence-electron chi connectivity index (χ1n) is 12.0. The first-order valence-corrected chi connectivity index (χ1v) is 12.8. The summed E-state index contributed by atoms with van der Waals surface area (Å²) in [6.07, 6.45) is 0. The number of benzene rings is 1. The Morgan fingerprint density at radius 3 is 2.11 bits per heavy atom. The van der Waals surface area contributed by atoms with Gasteiger partial charge in [0.1, 0.15) is 10.9 Å². The van der Waals surface area contributed by atoms with Crippen LogP contribution in [0.1, 0.15) is 22.9 Å². The van der Waals surface area contributed by atoms with Crippen LogP contribution in [0.15, 0.2) is 28.4 Å². The Kier molecular flexibility index (Phi) is 14.0. The van der Waals surface area contributed by atoms with E-state index in [2.05, 4.69) is 34.2 Å². The van der Waals surface area contributed by atoms with Crippen LogP contribution in [0.4, 0.5) is 22.1 Å². The van der Waals surface area contributed by atoms with Crippen molar-refractivity contribution in [3.05, 3.63) is 34.2 Å². The number of aliphatic hydroxyl groups excluding tert-OH is 1. The number of hydrogen-bond donors (Lipinski definition) is 2. The molecule has 0 aliphatic carbocycles. The number of likely N-dealkylation sites (N-methyl/N-ethyl adjacent to an activating group) is 1. The van der Waals surface area contributed by atoms with Gasteiger partial charge in [-0.2, -0.15) is 5.26 Å². The number of nitrogens with two attached hydrogens (primary N) is 1. The van der Waals surface area contributed by atoms with Gasteiger partial charge in [0, 0.05) is 24.3 Å². The van der Waals surface area contributed by atoms with Crippen LogP contribution in [0.3, 0.4) is 0 Å². The van der Waals surface area contributed by atoms with Crippen molar-refractivity contribution in [2.75, 3.05) is 83.2 Å². The average Bonchev–Trinajstić information content (AvgIpc) is 3.16. The molecule has 1 aromatic carbocycles. The molecule has 0 saturated heterocycles. The Morgan fingerprint density at radius 1 is 0.972 bits per heavy atom. The van der Waals surface area contributed by atoms with Gasteiger partial charge in [-0.05, 0) is 44.5 Å². The molecule has 1 heterocycles. The summed E-state index contributed by atoms with van der Waals surface area (Å²) in [6, 6.07) is 8.18. The van der Waals surface area contributed by atoms with E-state index in [1.807, 2.05) is 26.0 Å². The maximum absolute atomic E-state index is 9.16. The van der Waals surface area contributed by atoms with E-state index in [9.17, 15) is 0 Å². The number of hydrogen-bond acceptors (Lipinski definition) is 11. The van der Waals surface area contributed by atoms with Gasteiger partial charge < -0.3 is 34.7 Å². The van der Waals surface area contributed by atoms with Crippen LogP contribution in [-0.2, 0) is 18.9 Å². The number of aryl methyl sites for hydroxylation is 1. The highest BCUT2D eigenvalue weighted by Crippen LogP contribution is 2.38. The minimum atomic E-state index is 0.0243. The van der Waals surface area contributed by atoms with Gasteiger partial charge in [0.25, 0.3) is 0 Å². The highest BCUT2D eigenvalue weighted by atomic mass is 32.1. The minimum Gasteiger partial charge on any atom is -0.396 e. The SMILES string of the molecule is CCN(CCOCCOCCOCCOCCO)c1ccc(N=Nc2sc(C#N)c(C)c2N)c(C)c1. The number of anilines is 2. The molecular weight excluding hydrogens is 482 g/mol. The zero-order valence-electron chi connectivity index (χ0n) is 21.4. The molecule has 0 fully saturated rings. The summed E-state index contributed by atoms with van der Waals surface area (Å²) >= 11 is 1.25. The van der Waals surface area contributed by atoms with Crippen molar-refractivity contribution in [1.82, 2.24) is 0 Å². The maximum Gasteiger partial charge on any atom is 0.163 e. The lowest BCUT2D eigenvalue weighted by Gasteiger charge is -2.23. The van der Waals surface area contributed by atoms with Crippen LogP contribution in [0.2, 0.25) is 0 Å². The summed E-state index contributed by atoms with van der Waals surface area (Å²) in [5, 5.41) is 27.0.